The third-order valence-corrected chi connectivity index (χ3v) is 2.36. The summed E-state index contributed by atoms with van der Waals surface area (Å²) in [6.07, 6.45) is 0. The number of benzene rings is 1. The Bertz CT molecular complexity index is 420. The molecule has 5 nitrogen and oxygen atoms in total. The molecule has 0 saturated heterocycles. The van der Waals surface area contributed by atoms with Crippen molar-refractivity contribution in [3.8, 4) is 0 Å². The number of nitrogens with one attached hydrogen (secondary N) is 1. The van der Waals surface area contributed by atoms with Gasteiger partial charge in [-0.2, -0.15) is 0 Å². The molecule has 0 aliphatic heterocycles. The number of hydrogen-bond donors (Lipinski definition) is 3. The molecule has 4 N–H and O–H groups in total. The maximum Gasteiger partial charge on any atom is 0.294 e. The first-order valence-corrected chi connectivity index (χ1v) is 4.54. The van der Waals surface area contributed by atoms with E-state index in [1.54, 1.807) is 12.1 Å². The van der Waals surface area contributed by atoms with Crippen molar-refractivity contribution in [1.82, 2.24) is 0 Å². The van der Waals surface area contributed by atoms with Crippen LogP contribution in [0.15, 0.2) is 23.4 Å². The van der Waals surface area contributed by atoms with E-state index in [0.29, 0.717) is 10.7 Å². The zero-order chi connectivity index (χ0) is 11.4. The molecule has 0 heterocycles. The molecule has 0 radical (unpaired) electrons. The largest absolute Gasteiger partial charge is 0.409 e. The van der Waals surface area contributed by atoms with Crippen molar-refractivity contribution in [3.63, 3.8) is 0 Å². The van der Waals surface area contributed by atoms with E-state index in [-0.39, 0.29) is 5.02 Å². The number of amides is 1. The first-order chi connectivity index (χ1) is 7.06. The van der Waals surface area contributed by atoms with Crippen molar-refractivity contribution < 1.29 is 10.0 Å². The highest BCUT2D eigenvalue weighted by Crippen LogP contribution is 2.29. The minimum atomic E-state index is -0.762. The van der Waals surface area contributed by atoms with Gasteiger partial charge in [-0.3, -0.25) is 4.79 Å². The van der Waals surface area contributed by atoms with E-state index >= 15 is 0 Å². The lowest BCUT2D eigenvalue weighted by molar-refractivity contribution is -0.110. The first-order valence-electron chi connectivity index (χ1n) is 3.79. The fourth-order valence-corrected chi connectivity index (χ4v) is 1.18. The number of anilines is 1. The zero-order valence-electron chi connectivity index (χ0n) is 7.37. The van der Waals surface area contributed by atoms with Gasteiger partial charge in [-0.1, -0.05) is 34.4 Å². The number of amidine groups is 1. The van der Waals surface area contributed by atoms with Crippen LogP contribution in [0.1, 0.15) is 0 Å². The summed E-state index contributed by atoms with van der Waals surface area (Å²) in [4.78, 5) is 11.2. The summed E-state index contributed by atoms with van der Waals surface area (Å²) < 4.78 is 0. The summed E-state index contributed by atoms with van der Waals surface area (Å²) in [5, 5.41) is 13.6. The second kappa shape index (κ2) is 4.86. The molecular weight excluding hydrogens is 241 g/mol. The van der Waals surface area contributed by atoms with Gasteiger partial charge in [0.05, 0.1) is 15.7 Å². The number of carbonyl (C=O) groups excluding carboxylic acids is 1. The number of nitrogens with zero attached hydrogens (tertiary/aromatic N) is 1. The van der Waals surface area contributed by atoms with E-state index in [9.17, 15) is 4.79 Å². The lowest BCUT2D eigenvalue weighted by Crippen LogP contribution is -2.30. The van der Waals surface area contributed by atoms with Crippen molar-refractivity contribution in [1.29, 1.82) is 0 Å². The molecule has 1 rings (SSSR count). The highest BCUT2D eigenvalue weighted by atomic mass is 35.5. The third-order valence-electron chi connectivity index (χ3n) is 1.54. The van der Waals surface area contributed by atoms with Crippen LogP contribution in [-0.2, 0) is 4.79 Å². The summed E-state index contributed by atoms with van der Waals surface area (Å²) in [7, 11) is 0. The second-order valence-corrected chi connectivity index (χ2v) is 3.33. The van der Waals surface area contributed by atoms with Gasteiger partial charge >= 0.3 is 0 Å². The minimum Gasteiger partial charge on any atom is -0.409 e. The fraction of sp³-hybridized carbons (Fsp3) is 0. The number of hydrogen-bond acceptors (Lipinski definition) is 3. The van der Waals surface area contributed by atoms with Gasteiger partial charge in [0.25, 0.3) is 5.91 Å². The molecular formula is C8H7Cl2N3O2. The molecule has 1 amide bonds. The van der Waals surface area contributed by atoms with Crippen LogP contribution in [0, 0.1) is 0 Å². The summed E-state index contributed by atoms with van der Waals surface area (Å²) >= 11 is 11.5. The van der Waals surface area contributed by atoms with Crippen LogP contribution in [0.2, 0.25) is 10.0 Å². The van der Waals surface area contributed by atoms with Crippen molar-refractivity contribution in [2.45, 2.75) is 0 Å². The Balaban J connectivity index is 2.91. The van der Waals surface area contributed by atoms with Crippen LogP contribution in [0.25, 0.3) is 0 Å². The van der Waals surface area contributed by atoms with Crippen molar-refractivity contribution in [3.05, 3.63) is 28.2 Å². The molecule has 0 saturated carbocycles. The fourth-order valence-electron chi connectivity index (χ4n) is 0.832. The van der Waals surface area contributed by atoms with E-state index in [4.69, 9.17) is 34.1 Å². The van der Waals surface area contributed by atoms with Crippen LogP contribution in [0.5, 0.6) is 0 Å². The Morgan fingerprint density at radius 2 is 2.13 bits per heavy atom. The van der Waals surface area contributed by atoms with E-state index in [2.05, 4.69) is 10.5 Å². The Labute approximate surface area is 95.5 Å². The topological polar surface area (TPSA) is 87.7 Å². The van der Waals surface area contributed by atoms with Gasteiger partial charge in [0.2, 0.25) is 5.84 Å². The van der Waals surface area contributed by atoms with Crippen LogP contribution in [0.4, 0.5) is 5.69 Å². The standard InChI is InChI=1S/C8H7Cl2N3O2/c9-4-2-1-3-5(6(4)10)12-8(14)7(11)13-15/h1-3,15H,(H2,11,13)(H,12,14). The quantitative estimate of drug-likeness (QED) is 0.306. The molecule has 0 fully saturated rings. The summed E-state index contributed by atoms with van der Waals surface area (Å²) in [6.45, 7) is 0. The van der Waals surface area contributed by atoms with Crippen LogP contribution >= 0.6 is 23.2 Å². The molecule has 0 atom stereocenters. The van der Waals surface area contributed by atoms with Gasteiger partial charge in [-0.15, -0.1) is 0 Å². The Morgan fingerprint density at radius 1 is 1.47 bits per heavy atom. The number of oxime groups is 1. The molecule has 7 heteroatoms. The van der Waals surface area contributed by atoms with Gasteiger partial charge in [0.15, 0.2) is 0 Å². The maximum absolute atomic E-state index is 11.2. The van der Waals surface area contributed by atoms with Crippen molar-refractivity contribution >= 4 is 40.6 Å². The summed E-state index contributed by atoms with van der Waals surface area (Å²) in [5.74, 6) is -1.33. The number of nitrogens with two attached hydrogens (primary N) is 1. The van der Waals surface area contributed by atoms with Crippen molar-refractivity contribution in [2.24, 2.45) is 10.9 Å². The Hall–Kier alpha value is -1.46. The molecule has 0 unspecified atom stereocenters. The van der Waals surface area contributed by atoms with Gasteiger partial charge < -0.3 is 16.3 Å². The number of halogens is 2. The maximum atomic E-state index is 11.2. The molecule has 0 aromatic heterocycles. The average molecular weight is 248 g/mol. The molecule has 0 aliphatic rings. The lowest BCUT2D eigenvalue weighted by Gasteiger charge is -2.06. The van der Waals surface area contributed by atoms with Gasteiger partial charge in [0, 0.05) is 0 Å². The Kier molecular flexibility index (Phi) is 3.76. The number of carbonyl (C=O) groups is 1. The number of rotatable bonds is 1. The third kappa shape index (κ3) is 2.74. The van der Waals surface area contributed by atoms with E-state index in [1.165, 1.54) is 6.07 Å². The predicted octanol–water partition coefficient (Wildman–Crippen LogP) is 1.68. The average Bonchev–Trinajstić information content (AvgIpc) is 2.23. The summed E-state index contributed by atoms with van der Waals surface area (Å²) in [6, 6.07) is 4.72. The molecule has 0 bridgehead atoms. The molecule has 0 spiro atoms. The molecule has 80 valence electrons. The first kappa shape index (κ1) is 11.6. The van der Waals surface area contributed by atoms with Gasteiger partial charge in [0.1, 0.15) is 0 Å². The zero-order valence-corrected chi connectivity index (χ0v) is 8.88. The monoisotopic (exact) mass is 247 g/mol. The van der Waals surface area contributed by atoms with Crippen molar-refractivity contribution in [2.75, 3.05) is 5.32 Å². The molecule has 0 aliphatic carbocycles. The molecule has 1 aromatic rings. The highest BCUT2D eigenvalue weighted by Gasteiger charge is 2.11. The van der Waals surface area contributed by atoms with E-state index in [0.717, 1.165) is 0 Å². The Morgan fingerprint density at radius 3 is 2.73 bits per heavy atom. The molecule has 15 heavy (non-hydrogen) atoms. The minimum absolute atomic E-state index is 0.193. The van der Waals surface area contributed by atoms with E-state index in [1.807, 2.05) is 0 Å². The van der Waals surface area contributed by atoms with Crippen LogP contribution < -0.4 is 11.1 Å². The normalized spacial score (nSPS) is 11.2. The second-order valence-electron chi connectivity index (χ2n) is 2.54. The SMILES string of the molecule is N/C(=N/O)C(=O)Nc1cccc(Cl)c1Cl. The van der Waals surface area contributed by atoms with E-state index < -0.39 is 11.7 Å². The predicted molar refractivity (Wildman–Crippen MR) is 58.5 cm³/mol. The van der Waals surface area contributed by atoms with Gasteiger partial charge in [-0.25, -0.2) is 0 Å². The van der Waals surface area contributed by atoms with Gasteiger partial charge in [-0.05, 0) is 12.1 Å². The highest BCUT2D eigenvalue weighted by molar-refractivity contribution is 6.46. The van der Waals surface area contributed by atoms with Crippen LogP contribution in [-0.4, -0.2) is 17.0 Å². The smallest absolute Gasteiger partial charge is 0.294 e. The lowest BCUT2D eigenvalue weighted by atomic mass is 10.3. The summed E-state index contributed by atoms with van der Waals surface area (Å²) in [5.41, 5.74) is 5.36. The molecule has 1 aromatic carbocycles. The van der Waals surface area contributed by atoms with Crippen LogP contribution in [0.3, 0.4) is 0 Å².